The van der Waals surface area contributed by atoms with Crippen molar-refractivity contribution >= 4 is 23.2 Å². The number of amides is 2. The fourth-order valence-corrected chi connectivity index (χ4v) is 6.49. The molecule has 1 aliphatic carbocycles. The Balaban J connectivity index is 1.18. The van der Waals surface area contributed by atoms with Crippen molar-refractivity contribution in [3.63, 3.8) is 0 Å². The summed E-state index contributed by atoms with van der Waals surface area (Å²) in [5.74, 6) is -0.214. The van der Waals surface area contributed by atoms with E-state index in [2.05, 4.69) is 22.2 Å². The lowest BCUT2D eigenvalue weighted by Gasteiger charge is -2.33. The predicted octanol–water partition coefficient (Wildman–Crippen LogP) is 5.22. The predicted molar refractivity (Wildman–Crippen MR) is 137 cm³/mol. The summed E-state index contributed by atoms with van der Waals surface area (Å²) in [5, 5.41) is 6.26. The summed E-state index contributed by atoms with van der Waals surface area (Å²) in [4.78, 5) is 34.1. The molecule has 2 aromatic heterocycles. The van der Waals surface area contributed by atoms with Crippen molar-refractivity contribution in [3.05, 3.63) is 68.9 Å². The molecule has 0 radical (unpaired) electrons. The molecule has 0 bridgehead atoms. The first-order valence-corrected chi connectivity index (χ1v) is 13.7. The first-order valence-electron chi connectivity index (χ1n) is 12.8. The summed E-state index contributed by atoms with van der Waals surface area (Å²) in [7, 11) is 1.84. The molecule has 5 rings (SSSR count). The summed E-state index contributed by atoms with van der Waals surface area (Å²) >= 11 is 1.47. The normalized spacial score (nSPS) is 18.3. The zero-order valence-electron chi connectivity index (χ0n) is 21.4. The van der Waals surface area contributed by atoms with Gasteiger partial charge in [-0.2, -0.15) is 18.3 Å². The summed E-state index contributed by atoms with van der Waals surface area (Å²) in [6, 6.07) is 8.33. The second-order valence-corrected chi connectivity index (χ2v) is 11.0. The minimum atomic E-state index is -4.54. The standard InChI is InChI=1S/C27H30F3N5O2S/c1-17-14-35(32-24(17)27(28,29)30)15-23(36)34-12-10-19(11-13-34)25-31-21(16-38-25)26(37)33(2)22-9-5-7-18-6-3-4-8-20(18)22/h3-4,6,8,14,16,19,22H,5,7,9-13,15H2,1-2H3. The molecule has 202 valence electrons. The average Bonchev–Trinajstić information content (AvgIpc) is 3.54. The summed E-state index contributed by atoms with van der Waals surface area (Å²) in [6.07, 6.45) is 1.09. The number of benzene rings is 1. The van der Waals surface area contributed by atoms with Crippen LogP contribution in [0.4, 0.5) is 13.2 Å². The molecule has 1 aromatic carbocycles. The van der Waals surface area contributed by atoms with E-state index in [9.17, 15) is 22.8 Å². The Kier molecular flexibility index (Phi) is 7.30. The van der Waals surface area contributed by atoms with Gasteiger partial charge in [-0.1, -0.05) is 24.3 Å². The van der Waals surface area contributed by atoms with E-state index in [0.717, 1.165) is 29.0 Å². The lowest BCUT2D eigenvalue weighted by Crippen LogP contribution is -2.39. The zero-order chi connectivity index (χ0) is 27.0. The highest BCUT2D eigenvalue weighted by Gasteiger charge is 2.36. The molecular weight excluding hydrogens is 515 g/mol. The molecule has 1 saturated heterocycles. The number of likely N-dealkylation sites (tertiary alicyclic amines) is 1. The molecule has 0 N–H and O–H groups in total. The number of halogens is 3. The summed E-state index contributed by atoms with van der Waals surface area (Å²) < 4.78 is 40.1. The van der Waals surface area contributed by atoms with Crippen LogP contribution in [0.3, 0.4) is 0 Å². The van der Waals surface area contributed by atoms with Gasteiger partial charge in [0.1, 0.15) is 12.2 Å². The van der Waals surface area contributed by atoms with Crippen LogP contribution in [-0.4, -0.2) is 56.5 Å². The van der Waals surface area contributed by atoms with E-state index in [-0.39, 0.29) is 35.9 Å². The van der Waals surface area contributed by atoms with Gasteiger partial charge in [-0.25, -0.2) is 4.98 Å². The van der Waals surface area contributed by atoms with E-state index < -0.39 is 11.9 Å². The molecular formula is C27H30F3N5O2S. The van der Waals surface area contributed by atoms with Crippen LogP contribution in [0.1, 0.15) is 75.5 Å². The van der Waals surface area contributed by atoms with E-state index in [1.165, 1.54) is 35.6 Å². The Morgan fingerprint density at radius 3 is 2.61 bits per heavy atom. The third-order valence-corrected chi connectivity index (χ3v) is 8.58. The molecule has 7 nitrogen and oxygen atoms in total. The minimum absolute atomic E-state index is 0.00327. The van der Waals surface area contributed by atoms with Crippen molar-refractivity contribution < 1.29 is 22.8 Å². The van der Waals surface area contributed by atoms with Crippen LogP contribution < -0.4 is 0 Å². The summed E-state index contributed by atoms with van der Waals surface area (Å²) in [6.45, 7) is 2.07. The Morgan fingerprint density at radius 1 is 1.16 bits per heavy atom. The minimum Gasteiger partial charge on any atom is -0.341 e. The molecule has 1 aliphatic heterocycles. The van der Waals surface area contributed by atoms with E-state index in [0.29, 0.717) is 31.6 Å². The van der Waals surface area contributed by atoms with Crippen molar-refractivity contribution in [1.82, 2.24) is 24.6 Å². The van der Waals surface area contributed by atoms with Crippen molar-refractivity contribution in [2.24, 2.45) is 0 Å². The van der Waals surface area contributed by atoms with E-state index >= 15 is 0 Å². The van der Waals surface area contributed by atoms with E-state index in [4.69, 9.17) is 0 Å². The smallest absolute Gasteiger partial charge is 0.341 e. The van der Waals surface area contributed by atoms with Gasteiger partial charge in [-0.15, -0.1) is 11.3 Å². The molecule has 2 aliphatic rings. The Bertz CT molecular complexity index is 1330. The van der Waals surface area contributed by atoms with E-state index in [1.54, 1.807) is 9.80 Å². The quantitative estimate of drug-likeness (QED) is 0.441. The highest BCUT2D eigenvalue weighted by atomic mass is 32.1. The van der Waals surface area contributed by atoms with Crippen molar-refractivity contribution in [3.8, 4) is 0 Å². The van der Waals surface area contributed by atoms with Crippen LogP contribution in [0.5, 0.6) is 0 Å². The van der Waals surface area contributed by atoms with Gasteiger partial charge >= 0.3 is 6.18 Å². The number of carbonyl (C=O) groups excluding carboxylic acids is 2. The fraction of sp³-hybridized carbons (Fsp3) is 0.481. The van der Waals surface area contributed by atoms with Gasteiger partial charge in [0.15, 0.2) is 5.69 Å². The van der Waals surface area contributed by atoms with Crippen LogP contribution in [0.25, 0.3) is 0 Å². The number of carbonyl (C=O) groups is 2. The number of alkyl halides is 3. The first kappa shape index (κ1) is 26.4. The molecule has 2 amide bonds. The molecule has 11 heteroatoms. The van der Waals surface area contributed by atoms with Crippen molar-refractivity contribution in [2.75, 3.05) is 20.1 Å². The van der Waals surface area contributed by atoms with E-state index in [1.807, 2.05) is 24.6 Å². The molecule has 3 heterocycles. The van der Waals surface area contributed by atoms with Gasteiger partial charge < -0.3 is 9.80 Å². The lowest BCUT2D eigenvalue weighted by atomic mass is 9.87. The van der Waals surface area contributed by atoms with Crippen LogP contribution >= 0.6 is 11.3 Å². The van der Waals surface area contributed by atoms with Crippen LogP contribution in [0, 0.1) is 6.92 Å². The van der Waals surface area contributed by atoms with Crippen molar-refractivity contribution in [1.29, 1.82) is 0 Å². The largest absolute Gasteiger partial charge is 0.435 e. The van der Waals surface area contributed by atoms with Gasteiger partial charge in [0.05, 0.1) is 11.0 Å². The number of hydrogen-bond acceptors (Lipinski definition) is 5. The zero-order valence-corrected chi connectivity index (χ0v) is 22.2. The number of nitrogens with zero attached hydrogens (tertiary/aromatic N) is 5. The number of thiazole rings is 1. The maximum Gasteiger partial charge on any atom is 0.435 e. The highest BCUT2D eigenvalue weighted by molar-refractivity contribution is 7.09. The second kappa shape index (κ2) is 10.5. The SMILES string of the molecule is Cc1cn(CC(=O)N2CCC(c3nc(C(=O)N(C)C4CCCc5ccccc54)cs3)CC2)nc1C(F)(F)F. The molecule has 0 spiro atoms. The van der Waals surface area contributed by atoms with Crippen LogP contribution in [-0.2, 0) is 23.9 Å². The second-order valence-electron chi connectivity index (χ2n) is 10.1. The van der Waals surface area contributed by atoms with Gasteiger partial charge in [-0.3, -0.25) is 14.3 Å². The molecule has 1 atom stereocenters. The Labute approximate surface area is 223 Å². The number of fused-ring (bicyclic) bond motifs is 1. The van der Waals surface area contributed by atoms with Gasteiger partial charge in [0, 0.05) is 37.6 Å². The van der Waals surface area contributed by atoms with Gasteiger partial charge in [0.2, 0.25) is 5.91 Å². The molecule has 38 heavy (non-hydrogen) atoms. The summed E-state index contributed by atoms with van der Waals surface area (Å²) in [5.41, 5.74) is 1.99. The van der Waals surface area contributed by atoms with Gasteiger partial charge in [-0.05, 0) is 55.7 Å². The van der Waals surface area contributed by atoms with Gasteiger partial charge in [0.25, 0.3) is 5.91 Å². The number of hydrogen-bond donors (Lipinski definition) is 0. The Hall–Kier alpha value is -3.21. The molecule has 1 unspecified atom stereocenters. The number of aryl methyl sites for hydroxylation is 2. The average molecular weight is 546 g/mol. The van der Waals surface area contributed by atoms with Crippen LogP contribution in [0.2, 0.25) is 0 Å². The lowest BCUT2D eigenvalue weighted by molar-refractivity contribution is -0.142. The molecule has 3 aromatic rings. The van der Waals surface area contributed by atoms with Crippen LogP contribution in [0.15, 0.2) is 35.8 Å². The fourth-order valence-electron chi connectivity index (χ4n) is 5.52. The van der Waals surface area contributed by atoms with Crippen molar-refractivity contribution in [2.45, 2.75) is 63.7 Å². The maximum atomic E-state index is 13.3. The molecule has 0 saturated carbocycles. The third-order valence-electron chi connectivity index (χ3n) is 7.57. The number of aromatic nitrogens is 3. The number of rotatable bonds is 5. The molecule has 1 fully saturated rings. The number of piperidine rings is 1. The third kappa shape index (κ3) is 5.34. The highest BCUT2D eigenvalue weighted by Crippen LogP contribution is 2.35. The Morgan fingerprint density at radius 2 is 1.89 bits per heavy atom. The monoisotopic (exact) mass is 545 g/mol. The topological polar surface area (TPSA) is 71.3 Å². The maximum absolute atomic E-state index is 13.3. The first-order chi connectivity index (χ1) is 18.1.